The predicted octanol–water partition coefficient (Wildman–Crippen LogP) is 1.27. The summed E-state index contributed by atoms with van der Waals surface area (Å²) in [7, 11) is 1.57. The Labute approximate surface area is 151 Å². The Morgan fingerprint density at radius 3 is 2.38 bits per heavy atom. The maximum absolute atomic E-state index is 12.9. The lowest BCUT2D eigenvalue weighted by Gasteiger charge is -2.58. The van der Waals surface area contributed by atoms with Gasteiger partial charge in [-0.3, -0.25) is 9.59 Å². The van der Waals surface area contributed by atoms with E-state index in [1.165, 1.54) is 4.90 Å². The Hall–Kier alpha value is -1.96. The van der Waals surface area contributed by atoms with E-state index in [0.717, 1.165) is 0 Å². The molecule has 26 heavy (non-hydrogen) atoms. The molecule has 2 saturated heterocycles. The number of nitrogens with zero attached hydrogens (tertiary/aromatic N) is 1. The molecule has 0 unspecified atom stereocenters. The topological polar surface area (TPSA) is 85.3 Å². The molecule has 3 aliphatic rings. The van der Waals surface area contributed by atoms with Crippen molar-refractivity contribution in [2.24, 2.45) is 5.92 Å². The minimum atomic E-state index is -1.73. The van der Waals surface area contributed by atoms with E-state index in [9.17, 15) is 14.7 Å². The molecule has 0 bridgehead atoms. The van der Waals surface area contributed by atoms with E-state index in [1.807, 2.05) is 0 Å². The van der Waals surface area contributed by atoms with Crippen molar-refractivity contribution in [3.05, 3.63) is 24.3 Å². The SMILES string of the molecule is COc1ccc(N2C(=O)[C@@](O)([C@@H]3CCC3=O)[C@@H]2[C@H]2COC(C)(C)O2)cc1. The first-order chi connectivity index (χ1) is 12.3. The van der Waals surface area contributed by atoms with Crippen molar-refractivity contribution in [2.75, 3.05) is 18.6 Å². The quantitative estimate of drug-likeness (QED) is 0.813. The van der Waals surface area contributed by atoms with Crippen LogP contribution >= 0.6 is 0 Å². The van der Waals surface area contributed by atoms with Gasteiger partial charge in [0.25, 0.3) is 5.91 Å². The highest BCUT2D eigenvalue weighted by Crippen LogP contribution is 2.49. The lowest BCUT2D eigenvalue weighted by Crippen LogP contribution is -2.82. The van der Waals surface area contributed by atoms with Crippen LogP contribution in [0.15, 0.2) is 24.3 Å². The number of β-lactam (4-membered cyclic amide) rings is 1. The third-order valence-corrected chi connectivity index (χ3v) is 5.62. The molecule has 1 aliphatic carbocycles. The number of rotatable bonds is 4. The molecule has 0 aromatic heterocycles. The molecule has 1 aromatic carbocycles. The van der Waals surface area contributed by atoms with Crippen molar-refractivity contribution < 1.29 is 28.9 Å². The molecule has 3 fully saturated rings. The average Bonchev–Trinajstić information content (AvgIpc) is 2.96. The van der Waals surface area contributed by atoms with Gasteiger partial charge in [0.1, 0.15) is 23.7 Å². The van der Waals surface area contributed by atoms with Crippen molar-refractivity contribution in [1.29, 1.82) is 0 Å². The third-order valence-electron chi connectivity index (χ3n) is 5.62. The van der Waals surface area contributed by atoms with E-state index in [2.05, 4.69) is 0 Å². The number of hydrogen-bond donors (Lipinski definition) is 1. The van der Waals surface area contributed by atoms with Gasteiger partial charge >= 0.3 is 0 Å². The summed E-state index contributed by atoms with van der Waals surface area (Å²) in [5.74, 6) is -1.32. The second-order valence-electron chi connectivity index (χ2n) is 7.57. The van der Waals surface area contributed by atoms with Gasteiger partial charge in [-0.25, -0.2) is 0 Å². The summed E-state index contributed by atoms with van der Waals surface area (Å²) in [6.07, 6.45) is 0.414. The molecule has 140 valence electrons. The third kappa shape index (κ3) is 2.38. The van der Waals surface area contributed by atoms with Crippen molar-refractivity contribution in [3.8, 4) is 5.75 Å². The lowest BCUT2D eigenvalue weighted by molar-refractivity contribution is -0.190. The van der Waals surface area contributed by atoms with Gasteiger partial charge in [0.05, 0.1) is 19.6 Å². The van der Waals surface area contributed by atoms with Crippen molar-refractivity contribution in [3.63, 3.8) is 0 Å². The summed E-state index contributed by atoms with van der Waals surface area (Å²) < 4.78 is 16.7. The number of anilines is 1. The smallest absolute Gasteiger partial charge is 0.262 e. The maximum atomic E-state index is 12.9. The van der Waals surface area contributed by atoms with E-state index >= 15 is 0 Å². The first-order valence-corrected chi connectivity index (χ1v) is 8.82. The van der Waals surface area contributed by atoms with Crippen LogP contribution in [0.25, 0.3) is 0 Å². The number of methoxy groups -OCH3 is 1. The van der Waals surface area contributed by atoms with Crippen LogP contribution in [0.4, 0.5) is 5.69 Å². The van der Waals surface area contributed by atoms with Crippen LogP contribution in [-0.2, 0) is 19.1 Å². The van der Waals surface area contributed by atoms with Crippen molar-refractivity contribution in [2.45, 2.75) is 50.2 Å². The van der Waals surface area contributed by atoms with Gasteiger partial charge in [0.2, 0.25) is 0 Å². The predicted molar refractivity (Wildman–Crippen MR) is 91.9 cm³/mol. The van der Waals surface area contributed by atoms with E-state index in [1.54, 1.807) is 45.2 Å². The molecule has 1 amide bonds. The zero-order valence-electron chi connectivity index (χ0n) is 15.1. The fourth-order valence-electron chi connectivity index (χ4n) is 4.15. The first-order valence-electron chi connectivity index (χ1n) is 8.82. The molecule has 0 radical (unpaired) electrons. The molecule has 2 heterocycles. The number of ether oxygens (including phenoxy) is 3. The van der Waals surface area contributed by atoms with Gasteiger partial charge in [-0.05, 0) is 44.5 Å². The number of aliphatic hydroxyl groups is 1. The lowest BCUT2D eigenvalue weighted by atomic mass is 9.62. The highest BCUT2D eigenvalue weighted by Gasteiger charge is 2.70. The van der Waals surface area contributed by atoms with Crippen LogP contribution in [0.1, 0.15) is 26.7 Å². The second-order valence-corrected chi connectivity index (χ2v) is 7.57. The van der Waals surface area contributed by atoms with E-state index in [-0.39, 0.29) is 12.4 Å². The number of benzene rings is 1. The van der Waals surface area contributed by atoms with Crippen LogP contribution in [0.5, 0.6) is 5.75 Å². The largest absolute Gasteiger partial charge is 0.497 e. The molecule has 1 N–H and O–H groups in total. The normalized spacial score (nSPS) is 35.8. The zero-order chi connectivity index (χ0) is 18.7. The molecule has 4 rings (SSSR count). The molecule has 1 aromatic rings. The summed E-state index contributed by atoms with van der Waals surface area (Å²) in [4.78, 5) is 26.5. The van der Waals surface area contributed by atoms with Gasteiger partial charge in [-0.2, -0.15) is 0 Å². The standard InChI is InChI=1S/C19H23NO6/c1-18(2)25-10-15(26-18)16-19(23,13-8-9-14(13)21)17(22)20(16)11-4-6-12(24-3)7-5-11/h4-7,13,15-16,23H,8-10H2,1-3H3/t13-,15-,16+,19-/m1/s1. The Kier molecular flexibility index (Phi) is 3.87. The number of Topliss-reactive ketones (excluding diaryl/α,β-unsaturated/α-hetero) is 1. The van der Waals surface area contributed by atoms with Gasteiger partial charge in [-0.1, -0.05) is 0 Å². The molecule has 2 aliphatic heterocycles. The molecule has 1 saturated carbocycles. The fraction of sp³-hybridized carbons (Fsp3) is 0.579. The molecular weight excluding hydrogens is 338 g/mol. The van der Waals surface area contributed by atoms with Gasteiger partial charge in [-0.15, -0.1) is 0 Å². The summed E-state index contributed by atoms with van der Waals surface area (Å²) in [5.41, 5.74) is -1.10. The van der Waals surface area contributed by atoms with Crippen LogP contribution in [-0.4, -0.2) is 54.0 Å². The molecular formula is C19H23NO6. The highest BCUT2D eigenvalue weighted by atomic mass is 16.7. The molecule has 7 nitrogen and oxygen atoms in total. The molecule has 7 heteroatoms. The minimum Gasteiger partial charge on any atom is -0.497 e. The Morgan fingerprint density at radius 1 is 1.23 bits per heavy atom. The first kappa shape index (κ1) is 17.5. The maximum Gasteiger partial charge on any atom is 0.262 e. The van der Waals surface area contributed by atoms with E-state index in [4.69, 9.17) is 14.2 Å². The van der Waals surface area contributed by atoms with E-state index < -0.39 is 35.4 Å². The van der Waals surface area contributed by atoms with Gasteiger partial charge < -0.3 is 24.2 Å². The average molecular weight is 361 g/mol. The Balaban J connectivity index is 1.68. The molecule has 4 atom stereocenters. The van der Waals surface area contributed by atoms with Crippen LogP contribution in [0.2, 0.25) is 0 Å². The van der Waals surface area contributed by atoms with Crippen molar-refractivity contribution in [1.82, 2.24) is 0 Å². The summed E-state index contributed by atoms with van der Waals surface area (Å²) in [5, 5.41) is 11.2. The number of carbonyl (C=O) groups excluding carboxylic acids is 2. The van der Waals surface area contributed by atoms with Crippen LogP contribution in [0.3, 0.4) is 0 Å². The Bertz CT molecular complexity index is 745. The van der Waals surface area contributed by atoms with Crippen LogP contribution < -0.4 is 9.64 Å². The van der Waals surface area contributed by atoms with E-state index in [0.29, 0.717) is 24.3 Å². The summed E-state index contributed by atoms with van der Waals surface area (Å²) >= 11 is 0. The summed E-state index contributed by atoms with van der Waals surface area (Å²) in [6.45, 7) is 3.83. The number of hydrogen-bond acceptors (Lipinski definition) is 6. The number of carbonyl (C=O) groups is 2. The summed E-state index contributed by atoms with van der Waals surface area (Å²) in [6, 6.07) is 6.35. The van der Waals surface area contributed by atoms with Gasteiger partial charge in [0.15, 0.2) is 11.4 Å². The fourth-order valence-corrected chi connectivity index (χ4v) is 4.15. The monoisotopic (exact) mass is 361 g/mol. The van der Waals surface area contributed by atoms with Crippen LogP contribution in [0, 0.1) is 5.92 Å². The van der Waals surface area contributed by atoms with Crippen molar-refractivity contribution >= 4 is 17.4 Å². The highest BCUT2D eigenvalue weighted by molar-refractivity contribution is 6.12. The number of amides is 1. The zero-order valence-corrected chi connectivity index (χ0v) is 15.1. The second kappa shape index (κ2) is 5.77. The minimum absolute atomic E-state index is 0.0709. The molecule has 0 spiro atoms. The van der Waals surface area contributed by atoms with Gasteiger partial charge in [0, 0.05) is 12.1 Å². The number of ketones is 1. The Morgan fingerprint density at radius 2 is 1.92 bits per heavy atom.